The molecule has 0 aliphatic rings. The molecule has 2 aromatic carbocycles. The first-order valence-electron chi connectivity index (χ1n) is 7.47. The van der Waals surface area contributed by atoms with Crippen molar-refractivity contribution in [3.05, 3.63) is 59.9 Å². The lowest BCUT2D eigenvalue weighted by molar-refractivity contribution is -0.680. The summed E-state index contributed by atoms with van der Waals surface area (Å²) >= 11 is 0. The van der Waals surface area contributed by atoms with Crippen LogP contribution in [0.4, 0.5) is 0 Å². The topological polar surface area (TPSA) is 28.9 Å². The minimum Gasteiger partial charge on any atom is -0.481 e. The molecule has 0 radical (unpaired) electrons. The van der Waals surface area contributed by atoms with Crippen LogP contribution in [0, 0.1) is 6.92 Å². The van der Waals surface area contributed by atoms with Gasteiger partial charge >= 0.3 is 0 Å². The molecule has 0 aliphatic carbocycles. The summed E-state index contributed by atoms with van der Waals surface area (Å²) in [5.74, 6) is 2.02. The summed E-state index contributed by atoms with van der Waals surface area (Å²) in [6.45, 7) is 5.82. The third-order valence-electron chi connectivity index (χ3n) is 3.61. The quantitative estimate of drug-likeness (QED) is 0.709. The Morgan fingerprint density at radius 3 is 2.76 bits per heavy atom. The molecule has 3 rings (SSSR count). The Kier molecular flexibility index (Phi) is 3.91. The first-order valence-corrected chi connectivity index (χ1v) is 7.47. The third-order valence-corrected chi connectivity index (χ3v) is 3.61. The van der Waals surface area contributed by atoms with E-state index < -0.39 is 0 Å². The highest BCUT2D eigenvalue weighted by atomic mass is 16.5. The van der Waals surface area contributed by atoms with Gasteiger partial charge in [0.25, 0.3) is 5.82 Å². The van der Waals surface area contributed by atoms with Gasteiger partial charge in [0.1, 0.15) is 5.75 Å². The van der Waals surface area contributed by atoms with Crippen molar-refractivity contribution in [2.45, 2.75) is 33.4 Å². The average molecular weight is 281 g/mol. The van der Waals surface area contributed by atoms with Crippen LogP contribution in [0.25, 0.3) is 11.0 Å². The minimum absolute atomic E-state index is 0.554. The second-order valence-corrected chi connectivity index (χ2v) is 5.35. The Balaban J connectivity index is 1.87. The van der Waals surface area contributed by atoms with E-state index in [1.807, 2.05) is 12.1 Å². The summed E-state index contributed by atoms with van der Waals surface area (Å²) in [6, 6.07) is 16.6. The molecule has 0 aliphatic heterocycles. The molecule has 3 heteroatoms. The highest BCUT2D eigenvalue weighted by Gasteiger charge is 2.17. The summed E-state index contributed by atoms with van der Waals surface area (Å²) in [5.41, 5.74) is 3.61. The van der Waals surface area contributed by atoms with Gasteiger partial charge in [-0.05, 0) is 43.2 Å². The molecule has 3 aromatic rings. The number of para-hydroxylation sites is 2. The Bertz CT molecular complexity index is 746. The van der Waals surface area contributed by atoms with E-state index in [9.17, 15) is 0 Å². The van der Waals surface area contributed by atoms with Crippen LogP contribution >= 0.6 is 0 Å². The third kappa shape index (κ3) is 2.92. The first-order chi connectivity index (χ1) is 10.3. The van der Waals surface area contributed by atoms with Crippen molar-refractivity contribution < 1.29 is 9.30 Å². The number of aromatic nitrogens is 2. The second kappa shape index (κ2) is 6.00. The maximum atomic E-state index is 5.94. The fourth-order valence-electron chi connectivity index (χ4n) is 2.63. The number of rotatable bonds is 5. The molecule has 0 fully saturated rings. The molecule has 0 saturated carbocycles. The van der Waals surface area contributed by atoms with Crippen molar-refractivity contribution in [3.8, 4) is 5.75 Å². The number of ether oxygens (including phenoxy) is 1. The molecule has 3 nitrogen and oxygen atoms in total. The predicted molar refractivity (Wildman–Crippen MR) is 84.3 cm³/mol. The zero-order chi connectivity index (χ0) is 14.7. The first kappa shape index (κ1) is 13.7. The maximum absolute atomic E-state index is 5.94. The van der Waals surface area contributed by atoms with Crippen molar-refractivity contribution in [3.63, 3.8) is 0 Å². The largest absolute Gasteiger partial charge is 0.481 e. The smallest absolute Gasteiger partial charge is 0.293 e. The number of nitrogens with zero attached hydrogens (tertiary/aromatic N) is 1. The summed E-state index contributed by atoms with van der Waals surface area (Å²) in [4.78, 5) is 3.47. The standard InChI is InChI=1S/C18H20N2O/c1-3-11-20-17-10-5-4-9-16(17)19-18(20)13-21-15-8-6-7-14(2)12-15/h4-10,12H,3,11,13H2,1-2H3/p+1. The number of hydrogen-bond donors (Lipinski definition) is 1. The van der Waals surface area contributed by atoms with E-state index in [1.54, 1.807) is 0 Å². The minimum atomic E-state index is 0.554. The Morgan fingerprint density at radius 1 is 1.10 bits per heavy atom. The molecule has 108 valence electrons. The summed E-state index contributed by atoms with van der Waals surface area (Å²) in [7, 11) is 0. The lowest BCUT2D eigenvalue weighted by atomic mass is 10.2. The highest BCUT2D eigenvalue weighted by molar-refractivity contribution is 5.70. The summed E-state index contributed by atoms with van der Waals surface area (Å²) < 4.78 is 8.25. The number of hydrogen-bond acceptors (Lipinski definition) is 1. The molecular formula is C18H21N2O+. The van der Waals surface area contributed by atoms with Crippen LogP contribution in [-0.4, -0.2) is 4.98 Å². The second-order valence-electron chi connectivity index (χ2n) is 5.35. The highest BCUT2D eigenvalue weighted by Crippen LogP contribution is 2.15. The van der Waals surface area contributed by atoms with Gasteiger partial charge in [-0.2, -0.15) is 0 Å². The molecular weight excluding hydrogens is 260 g/mol. The number of aryl methyl sites for hydroxylation is 2. The van der Waals surface area contributed by atoms with Gasteiger partial charge in [-0.3, -0.25) is 0 Å². The molecule has 0 bridgehead atoms. The van der Waals surface area contributed by atoms with Crippen LogP contribution in [0.3, 0.4) is 0 Å². The monoisotopic (exact) mass is 281 g/mol. The van der Waals surface area contributed by atoms with Gasteiger partial charge in [0.05, 0.1) is 6.54 Å². The molecule has 0 unspecified atom stereocenters. The Labute approximate surface area is 125 Å². The molecule has 0 spiro atoms. The lowest BCUT2D eigenvalue weighted by Gasteiger charge is -2.05. The van der Waals surface area contributed by atoms with Crippen LogP contribution < -0.4 is 9.30 Å². The van der Waals surface area contributed by atoms with Crippen molar-refractivity contribution in [1.29, 1.82) is 0 Å². The van der Waals surface area contributed by atoms with E-state index in [0.717, 1.165) is 30.1 Å². The van der Waals surface area contributed by atoms with Crippen molar-refractivity contribution in [2.75, 3.05) is 0 Å². The van der Waals surface area contributed by atoms with Crippen LogP contribution in [0.1, 0.15) is 24.7 Å². The Morgan fingerprint density at radius 2 is 1.95 bits per heavy atom. The fourth-order valence-corrected chi connectivity index (χ4v) is 2.63. The molecule has 0 atom stereocenters. The molecule has 21 heavy (non-hydrogen) atoms. The van der Waals surface area contributed by atoms with Gasteiger partial charge in [0.15, 0.2) is 17.6 Å². The maximum Gasteiger partial charge on any atom is 0.293 e. The van der Waals surface area contributed by atoms with Crippen LogP contribution in [0.5, 0.6) is 5.75 Å². The zero-order valence-electron chi connectivity index (χ0n) is 12.6. The van der Waals surface area contributed by atoms with Crippen LogP contribution in [0.15, 0.2) is 48.5 Å². The normalized spacial score (nSPS) is 11.0. The van der Waals surface area contributed by atoms with Gasteiger partial charge in [0, 0.05) is 0 Å². The van der Waals surface area contributed by atoms with Gasteiger partial charge < -0.3 is 4.74 Å². The SMILES string of the molecule is CCC[n+]1c(COc2cccc(C)c2)[nH]c2ccccc21. The zero-order valence-corrected chi connectivity index (χ0v) is 12.6. The predicted octanol–water partition coefficient (Wildman–Crippen LogP) is 3.75. The van der Waals surface area contributed by atoms with E-state index in [1.165, 1.54) is 11.1 Å². The van der Waals surface area contributed by atoms with Crippen LogP contribution in [-0.2, 0) is 13.2 Å². The van der Waals surface area contributed by atoms with E-state index in [2.05, 4.69) is 59.8 Å². The van der Waals surface area contributed by atoms with E-state index >= 15 is 0 Å². The summed E-state index contributed by atoms with van der Waals surface area (Å²) in [5, 5.41) is 0. The van der Waals surface area contributed by atoms with Crippen molar-refractivity contribution in [2.24, 2.45) is 0 Å². The van der Waals surface area contributed by atoms with Gasteiger partial charge in [-0.25, -0.2) is 9.55 Å². The molecule has 1 aromatic heterocycles. The molecule has 0 saturated heterocycles. The van der Waals surface area contributed by atoms with E-state index in [0.29, 0.717) is 6.61 Å². The van der Waals surface area contributed by atoms with Gasteiger partial charge in [0.2, 0.25) is 0 Å². The number of imidazole rings is 1. The van der Waals surface area contributed by atoms with Crippen LogP contribution in [0.2, 0.25) is 0 Å². The van der Waals surface area contributed by atoms with Gasteiger partial charge in [-0.15, -0.1) is 0 Å². The summed E-state index contributed by atoms with van der Waals surface area (Å²) in [6.07, 6.45) is 1.10. The van der Waals surface area contributed by atoms with E-state index in [-0.39, 0.29) is 0 Å². The lowest BCUT2D eigenvalue weighted by Crippen LogP contribution is -2.37. The van der Waals surface area contributed by atoms with Crippen molar-refractivity contribution >= 4 is 11.0 Å². The van der Waals surface area contributed by atoms with Crippen molar-refractivity contribution in [1.82, 2.24) is 4.98 Å². The van der Waals surface area contributed by atoms with Gasteiger partial charge in [-0.1, -0.05) is 31.2 Å². The van der Waals surface area contributed by atoms with E-state index in [4.69, 9.17) is 4.74 Å². The number of benzene rings is 2. The number of aromatic amines is 1. The number of H-pyrrole nitrogens is 1. The number of fused-ring (bicyclic) bond motifs is 1. The Hall–Kier alpha value is -2.29. The average Bonchev–Trinajstić information content (AvgIpc) is 2.84. The number of nitrogens with one attached hydrogen (secondary N) is 1. The molecule has 1 N–H and O–H groups in total. The molecule has 1 heterocycles. The fraction of sp³-hybridized carbons (Fsp3) is 0.278. The molecule has 0 amide bonds.